The van der Waals surface area contributed by atoms with Crippen LogP contribution in [0.4, 0.5) is 11.4 Å². The van der Waals surface area contributed by atoms with Crippen LogP contribution in [0.25, 0.3) is 0 Å². The first-order valence-electron chi connectivity index (χ1n) is 10.7. The molecule has 0 saturated carbocycles. The van der Waals surface area contributed by atoms with Crippen molar-refractivity contribution in [1.29, 1.82) is 0 Å². The van der Waals surface area contributed by atoms with Crippen LogP contribution in [0.5, 0.6) is 0 Å². The van der Waals surface area contributed by atoms with E-state index in [0.717, 1.165) is 17.1 Å². The van der Waals surface area contributed by atoms with E-state index in [1.807, 2.05) is 6.92 Å². The zero-order valence-electron chi connectivity index (χ0n) is 18.8. The normalized spacial score (nSPS) is 11.0. The molecule has 0 spiro atoms. The molecule has 7 nitrogen and oxygen atoms in total. The third-order valence-corrected chi connectivity index (χ3v) is 7.13. The Balaban J connectivity index is 1.65. The topological polar surface area (TPSA) is 92.8 Å². The Kier molecular flexibility index (Phi) is 8.31. The van der Waals surface area contributed by atoms with Crippen LogP contribution in [0.1, 0.15) is 40.5 Å². The Labute approximate surface area is 204 Å². The molecule has 0 aromatic heterocycles. The number of hydrogen-bond acceptors (Lipinski definition) is 5. The quantitative estimate of drug-likeness (QED) is 0.315. The highest BCUT2D eigenvalue weighted by Gasteiger charge is 2.21. The highest BCUT2D eigenvalue weighted by atomic mass is 35.5. The smallest absolute Gasteiger partial charge is 0.338 e. The third-order valence-electron chi connectivity index (χ3n) is 5.07. The van der Waals surface area contributed by atoms with Gasteiger partial charge in [-0.05, 0) is 79.2 Å². The molecule has 3 aromatic carbocycles. The standard InChI is InChI=1S/C25H25ClN2O5S/c1-3-4-17-33-25(30)19-5-11-21(12-6-19)27-24(29)18-7-13-22(14-8-18)28(2)34(31,32)23-15-9-20(26)10-16-23/h5-16H,3-4,17H2,1-2H3,(H,27,29). The number of ether oxygens (including phenoxy) is 1. The van der Waals surface area contributed by atoms with Crippen LogP contribution >= 0.6 is 11.6 Å². The molecule has 0 saturated heterocycles. The Morgan fingerprint density at radius 2 is 1.50 bits per heavy atom. The van der Waals surface area contributed by atoms with Gasteiger partial charge in [0, 0.05) is 23.3 Å². The molecule has 3 aromatic rings. The largest absolute Gasteiger partial charge is 0.462 e. The van der Waals surface area contributed by atoms with Crippen LogP contribution in [0, 0.1) is 0 Å². The lowest BCUT2D eigenvalue weighted by Gasteiger charge is -2.19. The lowest BCUT2D eigenvalue weighted by Crippen LogP contribution is -2.26. The van der Waals surface area contributed by atoms with Crippen LogP contribution < -0.4 is 9.62 Å². The van der Waals surface area contributed by atoms with Crippen LogP contribution in [-0.4, -0.2) is 33.9 Å². The summed E-state index contributed by atoms with van der Waals surface area (Å²) in [6.45, 7) is 2.39. The second-order valence-corrected chi connectivity index (χ2v) is 9.90. The van der Waals surface area contributed by atoms with E-state index in [0.29, 0.717) is 34.1 Å². The number of nitrogens with zero attached hydrogens (tertiary/aromatic N) is 1. The molecule has 0 aliphatic carbocycles. The molecule has 0 aliphatic rings. The number of anilines is 2. The predicted octanol–water partition coefficient (Wildman–Crippen LogP) is 5.37. The van der Waals surface area contributed by atoms with Gasteiger partial charge in [0.15, 0.2) is 0 Å². The van der Waals surface area contributed by atoms with E-state index in [2.05, 4.69) is 5.32 Å². The van der Waals surface area contributed by atoms with E-state index in [1.165, 1.54) is 43.4 Å². The second-order valence-electron chi connectivity index (χ2n) is 7.49. The van der Waals surface area contributed by atoms with Crippen LogP contribution in [0.2, 0.25) is 5.02 Å². The Hall–Kier alpha value is -3.36. The molecule has 0 bridgehead atoms. The number of hydrogen-bond donors (Lipinski definition) is 1. The molecule has 0 aliphatic heterocycles. The highest BCUT2D eigenvalue weighted by molar-refractivity contribution is 7.92. The van der Waals surface area contributed by atoms with Crippen molar-refractivity contribution in [3.05, 3.63) is 88.9 Å². The highest BCUT2D eigenvalue weighted by Crippen LogP contribution is 2.24. The first kappa shape index (κ1) is 25.3. The lowest BCUT2D eigenvalue weighted by atomic mass is 10.1. The van der Waals surface area contributed by atoms with Gasteiger partial charge in [-0.2, -0.15) is 0 Å². The van der Waals surface area contributed by atoms with Crippen LogP contribution in [0.3, 0.4) is 0 Å². The van der Waals surface area contributed by atoms with Gasteiger partial charge in [0.2, 0.25) is 0 Å². The van der Waals surface area contributed by atoms with E-state index >= 15 is 0 Å². The summed E-state index contributed by atoms with van der Waals surface area (Å²) in [4.78, 5) is 24.7. The van der Waals surface area contributed by atoms with Crippen LogP contribution in [0.15, 0.2) is 77.7 Å². The van der Waals surface area contributed by atoms with Gasteiger partial charge in [-0.15, -0.1) is 0 Å². The molecule has 0 radical (unpaired) electrons. The van der Waals surface area contributed by atoms with Crippen LogP contribution in [-0.2, 0) is 14.8 Å². The Morgan fingerprint density at radius 3 is 2.09 bits per heavy atom. The van der Waals surface area contributed by atoms with E-state index in [-0.39, 0.29) is 10.8 Å². The van der Waals surface area contributed by atoms with Gasteiger partial charge in [-0.25, -0.2) is 13.2 Å². The molecule has 3 rings (SSSR count). The minimum absolute atomic E-state index is 0.110. The molecule has 0 atom stereocenters. The van der Waals surface area contributed by atoms with E-state index in [4.69, 9.17) is 16.3 Å². The molecule has 1 N–H and O–H groups in total. The second kappa shape index (κ2) is 11.2. The van der Waals surface area contributed by atoms with Crippen molar-refractivity contribution in [2.75, 3.05) is 23.3 Å². The number of esters is 1. The maximum atomic E-state index is 12.8. The fraction of sp³-hybridized carbons (Fsp3) is 0.200. The summed E-state index contributed by atoms with van der Waals surface area (Å²) in [7, 11) is -2.33. The van der Waals surface area contributed by atoms with Gasteiger partial charge in [0.05, 0.1) is 22.8 Å². The number of sulfonamides is 1. The summed E-state index contributed by atoms with van der Waals surface area (Å²) >= 11 is 5.84. The summed E-state index contributed by atoms with van der Waals surface area (Å²) in [5.74, 6) is -0.771. The number of nitrogens with one attached hydrogen (secondary N) is 1. The molecular weight excluding hydrogens is 476 g/mol. The van der Waals surface area contributed by atoms with Gasteiger partial charge in [-0.3, -0.25) is 9.10 Å². The molecule has 178 valence electrons. The number of halogens is 1. The molecule has 0 fully saturated rings. The minimum Gasteiger partial charge on any atom is -0.462 e. The van der Waals surface area contributed by atoms with Crippen molar-refractivity contribution >= 4 is 44.9 Å². The van der Waals surface area contributed by atoms with E-state index < -0.39 is 16.0 Å². The summed E-state index contributed by atoms with van der Waals surface area (Å²) in [6, 6.07) is 18.5. The maximum Gasteiger partial charge on any atom is 0.338 e. The van der Waals surface area contributed by atoms with Gasteiger partial charge in [0.25, 0.3) is 15.9 Å². The van der Waals surface area contributed by atoms with Crippen molar-refractivity contribution < 1.29 is 22.7 Å². The van der Waals surface area contributed by atoms with Crippen molar-refractivity contribution in [3.63, 3.8) is 0 Å². The summed E-state index contributed by atoms with van der Waals surface area (Å²) in [5.41, 5.74) is 1.67. The first-order valence-corrected chi connectivity index (χ1v) is 12.5. The zero-order chi connectivity index (χ0) is 24.7. The lowest BCUT2D eigenvalue weighted by molar-refractivity contribution is 0.0499. The number of carbonyl (C=O) groups excluding carboxylic acids is 2. The van der Waals surface area contributed by atoms with E-state index in [1.54, 1.807) is 36.4 Å². The minimum atomic E-state index is -3.77. The van der Waals surface area contributed by atoms with Crippen molar-refractivity contribution in [2.45, 2.75) is 24.7 Å². The van der Waals surface area contributed by atoms with Crippen molar-refractivity contribution in [2.24, 2.45) is 0 Å². The molecular formula is C25H25ClN2O5S. The van der Waals surface area contributed by atoms with Crippen molar-refractivity contribution in [3.8, 4) is 0 Å². The third kappa shape index (κ3) is 6.15. The summed E-state index contributed by atoms with van der Waals surface area (Å²) in [6.07, 6.45) is 1.75. The number of carbonyl (C=O) groups is 2. The van der Waals surface area contributed by atoms with Gasteiger partial charge < -0.3 is 10.1 Å². The molecule has 34 heavy (non-hydrogen) atoms. The average molecular weight is 501 g/mol. The number of benzene rings is 3. The molecule has 9 heteroatoms. The SMILES string of the molecule is CCCCOC(=O)c1ccc(NC(=O)c2ccc(N(C)S(=O)(=O)c3ccc(Cl)cc3)cc2)cc1. The van der Waals surface area contributed by atoms with Crippen molar-refractivity contribution in [1.82, 2.24) is 0 Å². The van der Waals surface area contributed by atoms with Gasteiger partial charge in [-0.1, -0.05) is 24.9 Å². The van der Waals surface area contributed by atoms with Gasteiger partial charge >= 0.3 is 5.97 Å². The number of rotatable bonds is 9. The first-order chi connectivity index (χ1) is 16.2. The zero-order valence-corrected chi connectivity index (χ0v) is 20.4. The Morgan fingerprint density at radius 1 is 0.912 bits per heavy atom. The van der Waals surface area contributed by atoms with Gasteiger partial charge in [0.1, 0.15) is 0 Å². The predicted molar refractivity (Wildman–Crippen MR) is 133 cm³/mol. The Bertz CT molecular complexity index is 1240. The fourth-order valence-electron chi connectivity index (χ4n) is 3.01. The summed E-state index contributed by atoms with van der Waals surface area (Å²) in [5, 5.41) is 3.19. The molecule has 1 amide bonds. The average Bonchev–Trinajstić information content (AvgIpc) is 2.84. The fourth-order valence-corrected chi connectivity index (χ4v) is 4.33. The maximum absolute atomic E-state index is 12.8. The number of amides is 1. The summed E-state index contributed by atoms with van der Waals surface area (Å²) < 4.78 is 31.9. The number of unbranched alkanes of at least 4 members (excludes halogenated alkanes) is 1. The molecule has 0 unspecified atom stereocenters. The van der Waals surface area contributed by atoms with E-state index in [9.17, 15) is 18.0 Å². The molecule has 0 heterocycles. The monoisotopic (exact) mass is 500 g/mol.